The first kappa shape index (κ1) is 16.6. The highest BCUT2D eigenvalue weighted by Gasteiger charge is 2.33. The minimum Gasteiger partial charge on any atom is -0.354 e. The van der Waals surface area contributed by atoms with Gasteiger partial charge in [0.1, 0.15) is 10.3 Å². The van der Waals surface area contributed by atoms with E-state index < -0.39 is 0 Å². The van der Waals surface area contributed by atoms with Crippen molar-refractivity contribution in [3.05, 3.63) is 52.9 Å². The summed E-state index contributed by atoms with van der Waals surface area (Å²) in [4.78, 5) is 41.0. The number of likely N-dealkylation sites (tertiary alicyclic amines) is 1. The molecule has 0 radical (unpaired) electrons. The summed E-state index contributed by atoms with van der Waals surface area (Å²) in [5, 5.41) is 2.69. The molecule has 3 aromatic heterocycles. The summed E-state index contributed by atoms with van der Waals surface area (Å²) in [6, 6.07) is 3.44. The molecule has 26 heavy (non-hydrogen) atoms. The molecule has 0 aromatic carbocycles. The lowest BCUT2D eigenvalue weighted by Gasteiger charge is -2.17. The Labute approximate surface area is 154 Å². The molecule has 2 amide bonds. The summed E-state index contributed by atoms with van der Waals surface area (Å²) >= 11 is 1.35. The normalized spacial score (nSPS) is 16.8. The Balaban J connectivity index is 1.67. The van der Waals surface area contributed by atoms with Crippen molar-refractivity contribution in [2.75, 3.05) is 20.1 Å². The van der Waals surface area contributed by atoms with Gasteiger partial charge in [-0.2, -0.15) is 0 Å². The van der Waals surface area contributed by atoms with E-state index in [1.165, 1.54) is 11.3 Å². The number of amides is 2. The molecular formula is C18H17N5O2S. The maximum Gasteiger partial charge on any atom is 0.261 e. The van der Waals surface area contributed by atoms with Gasteiger partial charge in [0.05, 0.1) is 4.88 Å². The van der Waals surface area contributed by atoms with Gasteiger partial charge in [0.2, 0.25) is 0 Å². The van der Waals surface area contributed by atoms with Crippen LogP contribution in [-0.4, -0.2) is 51.8 Å². The topological polar surface area (TPSA) is 88.1 Å². The molecule has 0 unspecified atom stereocenters. The number of nitrogens with one attached hydrogen (secondary N) is 1. The second kappa shape index (κ2) is 6.80. The fraction of sp³-hybridized carbons (Fsp3) is 0.278. The predicted molar refractivity (Wildman–Crippen MR) is 98.3 cm³/mol. The van der Waals surface area contributed by atoms with Crippen LogP contribution in [-0.2, 0) is 0 Å². The zero-order valence-electron chi connectivity index (χ0n) is 14.2. The molecule has 1 saturated heterocycles. The minimum absolute atomic E-state index is 0.0120. The van der Waals surface area contributed by atoms with Crippen molar-refractivity contribution in [3.8, 4) is 0 Å². The monoisotopic (exact) mass is 367 g/mol. The molecule has 1 atom stereocenters. The molecule has 0 aliphatic carbocycles. The lowest BCUT2D eigenvalue weighted by Crippen LogP contribution is -2.28. The number of carbonyl (C=O) groups excluding carboxylic acids is 2. The molecule has 7 nitrogen and oxygen atoms in total. The van der Waals surface area contributed by atoms with Crippen molar-refractivity contribution in [2.24, 2.45) is 0 Å². The first-order valence-electron chi connectivity index (χ1n) is 8.34. The average molecular weight is 367 g/mol. The standard InChI is InChI=1S/C18H17N5O2S/c1-19-16(24)15-13(14-17(26-15)22-8-7-21-14)12-4-9-23(10-12)18(25)11-2-5-20-6-3-11/h2-3,5-8,12H,4,9-10H2,1H3,(H,19,24)/t12-/m1/s1. The summed E-state index contributed by atoms with van der Waals surface area (Å²) in [5.41, 5.74) is 2.30. The average Bonchev–Trinajstić information content (AvgIpc) is 3.32. The second-order valence-electron chi connectivity index (χ2n) is 6.11. The van der Waals surface area contributed by atoms with Crippen LogP contribution in [0.4, 0.5) is 0 Å². The number of hydrogen-bond acceptors (Lipinski definition) is 6. The van der Waals surface area contributed by atoms with E-state index in [4.69, 9.17) is 0 Å². The Kier molecular flexibility index (Phi) is 4.34. The second-order valence-corrected chi connectivity index (χ2v) is 7.11. The van der Waals surface area contributed by atoms with Crippen LogP contribution in [0.25, 0.3) is 10.3 Å². The number of thiophene rings is 1. The van der Waals surface area contributed by atoms with Gasteiger partial charge in [-0.3, -0.25) is 19.6 Å². The number of rotatable bonds is 3. The summed E-state index contributed by atoms with van der Waals surface area (Å²) in [7, 11) is 1.62. The summed E-state index contributed by atoms with van der Waals surface area (Å²) < 4.78 is 0. The zero-order chi connectivity index (χ0) is 18.1. The first-order chi connectivity index (χ1) is 12.7. The van der Waals surface area contributed by atoms with E-state index in [-0.39, 0.29) is 17.7 Å². The molecule has 132 valence electrons. The van der Waals surface area contributed by atoms with E-state index in [2.05, 4.69) is 20.3 Å². The van der Waals surface area contributed by atoms with Crippen molar-refractivity contribution in [2.45, 2.75) is 12.3 Å². The third-order valence-electron chi connectivity index (χ3n) is 4.61. The molecule has 4 heterocycles. The lowest BCUT2D eigenvalue weighted by molar-refractivity contribution is 0.0790. The Morgan fingerprint density at radius 2 is 1.96 bits per heavy atom. The third kappa shape index (κ3) is 2.82. The van der Waals surface area contributed by atoms with Gasteiger partial charge in [0.15, 0.2) is 0 Å². The van der Waals surface area contributed by atoms with Gasteiger partial charge >= 0.3 is 0 Å². The van der Waals surface area contributed by atoms with E-state index in [9.17, 15) is 9.59 Å². The number of hydrogen-bond donors (Lipinski definition) is 1. The van der Waals surface area contributed by atoms with Crippen LogP contribution in [0.2, 0.25) is 0 Å². The van der Waals surface area contributed by atoms with E-state index in [1.54, 1.807) is 44.0 Å². The van der Waals surface area contributed by atoms with Gasteiger partial charge in [-0.15, -0.1) is 11.3 Å². The van der Waals surface area contributed by atoms with Gasteiger partial charge in [0.25, 0.3) is 11.8 Å². The zero-order valence-corrected chi connectivity index (χ0v) is 15.0. The molecular weight excluding hydrogens is 350 g/mol. The van der Waals surface area contributed by atoms with E-state index in [0.717, 1.165) is 22.3 Å². The molecule has 0 saturated carbocycles. The number of aromatic nitrogens is 3. The third-order valence-corrected chi connectivity index (χ3v) is 5.71. The highest BCUT2D eigenvalue weighted by atomic mass is 32.1. The molecule has 1 fully saturated rings. The van der Waals surface area contributed by atoms with Crippen LogP contribution < -0.4 is 5.32 Å². The van der Waals surface area contributed by atoms with Gasteiger partial charge < -0.3 is 10.2 Å². The summed E-state index contributed by atoms with van der Waals surface area (Å²) in [6.07, 6.45) is 7.30. The molecule has 3 aromatic rings. The lowest BCUT2D eigenvalue weighted by atomic mass is 9.97. The quantitative estimate of drug-likeness (QED) is 0.766. The molecule has 0 bridgehead atoms. The Morgan fingerprint density at radius 3 is 2.73 bits per heavy atom. The van der Waals surface area contributed by atoms with Crippen LogP contribution in [0.15, 0.2) is 36.9 Å². The largest absolute Gasteiger partial charge is 0.354 e. The van der Waals surface area contributed by atoms with Gasteiger partial charge in [-0.1, -0.05) is 0 Å². The van der Waals surface area contributed by atoms with Crippen molar-refractivity contribution >= 4 is 33.5 Å². The van der Waals surface area contributed by atoms with Crippen LogP contribution in [0.1, 0.15) is 37.9 Å². The van der Waals surface area contributed by atoms with E-state index in [1.807, 2.05) is 4.90 Å². The summed E-state index contributed by atoms with van der Waals surface area (Å²) in [5.74, 6) is -0.0794. The van der Waals surface area contributed by atoms with Crippen LogP contribution >= 0.6 is 11.3 Å². The van der Waals surface area contributed by atoms with E-state index in [0.29, 0.717) is 23.5 Å². The predicted octanol–water partition coefficient (Wildman–Crippen LogP) is 2.08. The van der Waals surface area contributed by atoms with Crippen LogP contribution in [0.5, 0.6) is 0 Å². The summed E-state index contributed by atoms with van der Waals surface area (Å²) in [6.45, 7) is 1.21. The molecule has 8 heteroatoms. The number of nitrogens with zero attached hydrogens (tertiary/aromatic N) is 4. The van der Waals surface area contributed by atoms with Crippen molar-refractivity contribution in [3.63, 3.8) is 0 Å². The number of pyridine rings is 1. The fourth-order valence-corrected chi connectivity index (χ4v) is 4.50. The molecule has 0 spiro atoms. The van der Waals surface area contributed by atoms with Crippen molar-refractivity contribution in [1.29, 1.82) is 0 Å². The molecule has 1 aliphatic heterocycles. The number of carbonyl (C=O) groups is 2. The Hall–Kier alpha value is -2.87. The molecule has 1 N–H and O–H groups in total. The van der Waals surface area contributed by atoms with Gasteiger partial charge in [-0.25, -0.2) is 4.98 Å². The van der Waals surface area contributed by atoms with Crippen LogP contribution in [0, 0.1) is 0 Å². The number of fused-ring (bicyclic) bond motifs is 1. The smallest absolute Gasteiger partial charge is 0.261 e. The highest BCUT2D eigenvalue weighted by Crippen LogP contribution is 2.38. The van der Waals surface area contributed by atoms with Crippen molar-refractivity contribution in [1.82, 2.24) is 25.2 Å². The van der Waals surface area contributed by atoms with Gasteiger partial charge in [0, 0.05) is 62.0 Å². The SMILES string of the molecule is CNC(=O)c1sc2nccnc2c1[C@@H]1CCN(C(=O)c2ccncc2)C1. The Bertz CT molecular complexity index is 972. The fourth-order valence-electron chi connectivity index (χ4n) is 3.36. The first-order valence-corrected chi connectivity index (χ1v) is 9.15. The highest BCUT2D eigenvalue weighted by molar-refractivity contribution is 7.20. The molecule has 4 rings (SSSR count). The maximum absolute atomic E-state index is 12.7. The Morgan fingerprint density at radius 1 is 1.19 bits per heavy atom. The van der Waals surface area contributed by atoms with Gasteiger partial charge in [-0.05, 0) is 18.6 Å². The van der Waals surface area contributed by atoms with Crippen molar-refractivity contribution < 1.29 is 9.59 Å². The van der Waals surface area contributed by atoms with Crippen LogP contribution in [0.3, 0.4) is 0 Å². The maximum atomic E-state index is 12.7. The minimum atomic E-state index is -0.135. The van der Waals surface area contributed by atoms with E-state index >= 15 is 0 Å². The molecule has 1 aliphatic rings.